The highest BCUT2D eigenvalue weighted by atomic mass is 79.9. The second-order valence-electron chi connectivity index (χ2n) is 6.32. The normalized spacial score (nSPS) is 18.7. The molecule has 114 valence electrons. The van der Waals surface area contributed by atoms with Gasteiger partial charge in [-0.25, -0.2) is 0 Å². The smallest absolute Gasteiger partial charge is 0.0738 e. The van der Waals surface area contributed by atoms with Crippen LogP contribution in [0.4, 0.5) is 0 Å². The van der Waals surface area contributed by atoms with E-state index in [2.05, 4.69) is 51.4 Å². The molecule has 5 heteroatoms. The first-order chi connectivity index (χ1) is 9.37. The first kappa shape index (κ1) is 16.0. The molecule has 0 amide bonds. The van der Waals surface area contributed by atoms with E-state index >= 15 is 0 Å². The van der Waals surface area contributed by atoms with Crippen molar-refractivity contribution >= 4 is 15.9 Å². The molecule has 1 atom stereocenters. The molecule has 0 saturated carbocycles. The molecule has 1 aliphatic heterocycles. The fraction of sp³-hybridized carbons (Fsp3) is 0.800. The molecule has 0 radical (unpaired) electrons. The molecule has 0 aliphatic carbocycles. The lowest BCUT2D eigenvalue weighted by Crippen LogP contribution is -2.56. The second-order valence-corrected chi connectivity index (χ2v) is 7.11. The van der Waals surface area contributed by atoms with Crippen molar-refractivity contribution in [2.24, 2.45) is 5.73 Å². The zero-order valence-corrected chi connectivity index (χ0v) is 14.7. The Morgan fingerprint density at radius 2 is 1.95 bits per heavy atom. The molecule has 20 heavy (non-hydrogen) atoms. The Bertz CT molecular complexity index is 461. The number of halogens is 1. The van der Waals surface area contributed by atoms with Crippen LogP contribution in [0.2, 0.25) is 0 Å². The van der Waals surface area contributed by atoms with Crippen LogP contribution in [0.1, 0.15) is 45.0 Å². The van der Waals surface area contributed by atoms with E-state index in [0.29, 0.717) is 0 Å². The molecule has 2 heterocycles. The number of likely N-dealkylation sites (tertiary alicyclic amines) is 1. The average Bonchev–Trinajstić information content (AvgIpc) is 3.02. The molecular weight excluding hydrogens is 316 g/mol. The second kappa shape index (κ2) is 6.16. The van der Waals surface area contributed by atoms with Gasteiger partial charge in [-0.1, -0.05) is 0 Å². The number of hydrogen-bond acceptors (Lipinski definition) is 3. The number of nitrogens with zero attached hydrogens (tertiary/aromatic N) is 3. The van der Waals surface area contributed by atoms with Crippen molar-refractivity contribution < 1.29 is 0 Å². The molecule has 2 rings (SSSR count). The molecular formula is C15H27BrN4. The van der Waals surface area contributed by atoms with Gasteiger partial charge >= 0.3 is 0 Å². The standard InChI is InChI=1S/C15H27BrN4/c1-5-20-12(14(16)11(2)18-20)10-13(17)15(3,4)19-8-6-7-9-19/h13H,5-10,17H2,1-4H3. The Morgan fingerprint density at radius 3 is 2.50 bits per heavy atom. The van der Waals surface area contributed by atoms with E-state index in [1.165, 1.54) is 31.6 Å². The van der Waals surface area contributed by atoms with Gasteiger partial charge in [-0.3, -0.25) is 9.58 Å². The molecule has 4 nitrogen and oxygen atoms in total. The summed E-state index contributed by atoms with van der Waals surface area (Å²) in [6.45, 7) is 11.9. The summed E-state index contributed by atoms with van der Waals surface area (Å²) in [5.41, 5.74) is 8.87. The Kier molecular flexibility index (Phi) is 4.92. The Balaban J connectivity index is 2.16. The molecule has 0 spiro atoms. The summed E-state index contributed by atoms with van der Waals surface area (Å²) >= 11 is 3.67. The van der Waals surface area contributed by atoms with Gasteiger partial charge in [0, 0.05) is 24.5 Å². The SMILES string of the molecule is CCn1nc(C)c(Br)c1CC(N)C(C)(C)N1CCCC1. The molecule has 2 N–H and O–H groups in total. The summed E-state index contributed by atoms with van der Waals surface area (Å²) in [5.74, 6) is 0. The van der Waals surface area contributed by atoms with E-state index in [0.717, 1.165) is 23.1 Å². The predicted octanol–water partition coefficient (Wildman–Crippen LogP) is 2.72. The highest BCUT2D eigenvalue weighted by Gasteiger charge is 2.35. The van der Waals surface area contributed by atoms with Crippen LogP contribution in [-0.4, -0.2) is 39.4 Å². The fourth-order valence-corrected chi connectivity index (χ4v) is 3.50. The summed E-state index contributed by atoms with van der Waals surface area (Å²) in [6.07, 6.45) is 3.45. The molecule has 1 aliphatic rings. The van der Waals surface area contributed by atoms with Crippen LogP contribution in [0.3, 0.4) is 0 Å². The van der Waals surface area contributed by atoms with Crippen molar-refractivity contribution in [3.8, 4) is 0 Å². The number of aryl methyl sites for hydroxylation is 2. The molecule has 0 bridgehead atoms. The monoisotopic (exact) mass is 342 g/mol. The van der Waals surface area contributed by atoms with Crippen molar-refractivity contribution in [3.63, 3.8) is 0 Å². The van der Waals surface area contributed by atoms with E-state index in [4.69, 9.17) is 5.73 Å². The van der Waals surface area contributed by atoms with Crippen LogP contribution < -0.4 is 5.73 Å². The lowest BCUT2D eigenvalue weighted by Gasteiger charge is -2.40. The van der Waals surface area contributed by atoms with Crippen molar-refractivity contribution in [3.05, 3.63) is 15.9 Å². The predicted molar refractivity (Wildman–Crippen MR) is 86.9 cm³/mol. The maximum atomic E-state index is 6.56. The van der Waals surface area contributed by atoms with E-state index in [-0.39, 0.29) is 11.6 Å². The minimum absolute atomic E-state index is 0.0344. The molecule has 1 fully saturated rings. The molecule has 1 saturated heterocycles. The van der Waals surface area contributed by atoms with Crippen LogP contribution in [-0.2, 0) is 13.0 Å². The summed E-state index contributed by atoms with van der Waals surface area (Å²) in [4.78, 5) is 2.53. The van der Waals surface area contributed by atoms with Crippen molar-refractivity contribution in [2.75, 3.05) is 13.1 Å². The zero-order chi connectivity index (χ0) is 14.9. The minimum Gasteiger partial charge on any atom is -0.326 e. The highest BCUT2D eigenvalue weighted by Crippen LogP contribution is 2.28. The summed E-state index contributed by atoms with van der Waals surface area (Å²) in [6, 6.07) is 0.110. The van der Waals surface area contributed by atoms with Gasteiger partial charge in [0.25, 0.3) is 0 Å². The topological polar surface area (TPSA) is 47.1 Å². The Hall–Kier alpha value is -0.390. The maximum Gasteiger partial charge on any atom is 0.0738 e. The van der Waals surface area contributed by atoms with Gasteiger partial charge < -0.3 is 5.73 Å². The van der Waals surface area contributed by atoms with Gasteiger partial charge in [0.1, 0.15) is 0 Å². The molecule has 1 unspecified atom stereocenters. The fourth-order valence-electron chi connectivity index (χ4n) is 3.05. The lowest BCUT2D eigenvalue weighted by atomic mass is 9.90. The molecule has 0 aromatic carbocycles. The Morgan fingerprint density at radius 1 is 1.35 bits per heavy atom. The number of aromatic nitrogens is 2. The number of nitrogens with two attached hydrogens (primary N) is 1. The molecule has 1 aromatic heterocycles. The van der Waals surface area contributed by atoms with Crippen molar-refractivity contribution in [2.45, 2.75) is 65.1 Å². The third-order valence-corrected chi connectivity index (χ3v) is 5.73. The van der Waals surface area contributed by atoms with Crippen LogP contribution in [0.25, 0.3) is 0 Å². The summed E-state index contributed by atoms with van der Waals surface area (Å²) in [5, 5.41) is 4.56. The largest absolute Gasteiger partial charge is 0.326 e. The lowest BCUT2D eigenvalue weighted by molar-refractivity contribution is 0.122. The molecule has 1 aromatic rings. The Labute approximate surface area is 130 Å². The zero-order valence-electron chi connectivity index (χ0n) is 13.1. The first-order valence-electron chi connectivity index (χ1n) is 7.60. The minimum atomic E-state index is 0.0344. The van der Waals surface area contributed by atoms with E-state index in [1.807, 2.05) is 6.92 Å². The quantitative estimate of drug-likeness (QED) is 0.894. The third kappa shape index (κ3) is 2.95. The van der Waals surface area contributed by atoms with Gasteiger partial charge in [0.15, 0.2) is 0 Å². The van der Waals surface area contributed by atoms with E-state index in [9.17, 15) is 0 Å². The average molecular weight is 343 g/mol. The van der Waals surface area contributed by atoms with Gasteiger partial charge in [0.05, 0.1) is 15.9 Å². The van der Waals surface area contributed by atoms with Gasteiger partial charge in [-0.2, -0.15) is 5.10 Å². The van der Waals surface area contributed by atoms with Gasteiger partial charge in [-0.05, 0) is 69.6 Å². The first-order valence-corrected chi connectivity index (χ1v) is 8.39. The van der Waals surface area contributed by atoms with Crippen LogP contribution in [0, 0.1) is 6.92 Å². The third-order valence-electron chi connectivity index (χ3n) is 4.69. The van der Waals surface area contributed by atoms with E-state index < -0.39 is 0 Å². The maximum absolute atomic E-state index is 6.56. The number of rotatable bonds is 5. The van der Waals surface area contributed by atoms with E-state index in [1.54, 1.807) is 0 Å². The van der Waals surface area contributed by atoms with Crippen molar-refractivity contribution in [1.82, 2.24) is 14.7 Å². The van der Waals surface area contributed by atoms with Gasteiger partial charge in [-0.15, -0.1) is 0 Å². The van der Waals surface area contributed by atoms with Gasteiger partial charge in [0.2, 0.25) is 0 Å². The van der Waals surface area contributed by atoms with Crippen LogP contribution in [0.15, 0.2) is 4.47 Å². The summed E-state index contributed by atoms with van der Waals surface area (Å²) < 4.78 is 3.19. The summed E-state index contributed by atoms with van der Waals surface area (Å²) in [7, 11) is 0. The van der Waals surface area contributed by atoms with Crippen LogP contribution >= 0.6 is 15.9 Å². The number of hydrogen-bond donors (Lipinski definition) is 1. The van der Waals surface area contributed by atoms with Crippen molar-refractivity contribution in [1.29, 1.82) is 0 Å². The van der Waals surface area contributed by atoms with Crippen LogP contribution in [0.5, 0.6) is 0 Å². The highest BCUT2D eigenvalue weighted by molar-refractivity contribution is 9.10.